The van der Waals surface area contributed by atoms with Crippen LogP contribution in [0, 0.1) is 5.92 Å². The number of rotatable bonds is 7. The minimum atomic E-state index is -3.43. The van der Waals surface area contributed by atoms with Crippen molar-refractivity contribution >= 4 is 27.6 Å². The predicted octanol–water partition coefficient (Wildman–Crippen LogP) is 2.18. The van der Waals surface area contributed by atoms with Crippen LogP contribution < -0.4 is 15.4 Å². The van der Waals surface area contributed by atoms with Gasteiger partial charge in [0, 0.05) is 36.8 Å². The maximum absolute atomic E-state index is 13.3. The summed E-state index contributed by atoms with van der Waals surface area (Å²) in [6.07, 6.45) is 6.00. The SMILES string of the molecule is C[C@H](CO)N1C[C@H](C)[C@H](CN(C)S(C)(=O)=O)Oc2ccc(NC(=O)NC3CCCCC3)cc2CC1=O. The second-order valence-corrected chi connectivity index (χ2v) is 12.3. The first-order valence-corrected chi connectivity index (χ1v) is 14.5. The van der Waals surface area contributed by atoms with Crippen molar-refractivity contribution < 1.29 is 27.9 Å². The van der Waals surface area contributed by atoms with Gasteiger partial charge in [0.1, 0.15) is 11.9 Å². The van der Waals surface area contributed by atoms with Crippen molar-refractivity contribution in [3.05, 3.63) is 23.8 Å². The number of aliphatic hydroxyl groups excluding tert-OH is 1. The molecule has 11 heteroatoms. The quantitative estimate of drug-likeness (QED) is 0.502. The topological polar surface area (TPSA) is 128 Å². The summed E-state index contributed by atoms with van der Waals surface area (Å²) in [5.74, 6) is 0.0881. The number of hydrogen-bond acceptors (Lipinski definition) is 6. The van der Waals surface area contributed by atoms with Crippen LogP contribution in [0.25, 0.3) is 0 Å². The van der Waals surface area contributed by atoms with Crippen LogP contribution in [-0.4, -0.2) is 85.9 Å². The highest BCUT2D eigenvalue weighted by molar-refractivity contribution is 7.88. The lowest BCUT2D eigenvalue weighted by Gasteiger charge is -2.33. The molecule has 0 bridgehead atoms. The molecular formula is C25H40N4O6S. The second kappa shape index (κ2) is 12.2. The third kappa shape index (κ3) is 7.57. The number of aliphatic hydroxyl groups is 1. The standard InChI is InChI=1S/C25H40N4O6S/c1-17-14-29(18(2)16-30)24(31)13-19-12-21(27-25(32)26-20-8-6-5-7-9-20)10-11-22(19)35-23(17)15-28(3)36(4,33)34/h10-12,17-18,20,23,30H,5-9,13-16H2,1-4H3,(H2,26,27,32)/t17-,18+,23-/m0/s1. The molecule has 1 aliphatic carbocycles. The number of fused-ring (bicyclic) bond motifs is 1. The number of nitrogens with zero attached hydrogens (tertiary/aromatic N) is 2. The van der Waals surface area contributed by atoms with E-state index < -0.39 is 22.2 Å². The lowest BCUT2D eigenvalue weighted by Crippen LogP contribution is -2.48. The molecule has 1 aromatic rings. The van der Waals surface area contributed by atoms with Gasteiger partial charge >= 0.3 is 6.03 Å². The average Bonchev–Trinajstić information content (AvgIpc) is 2.86. The fourth-order valence-corrected chi connectivity index (χ4v) is 5.13. The fourth-order valence-electron chi connectivity index (χ4n) is 4.71. The minimum absolute atomic E-state index is 0.0286. The Bertz CT molecular complexity index is 1030. The van der Waals surface area contributed by atoms with Gasteiger partial charge in [-0.15, -0.1) is 0 Å². The largest absolute Gasteiger partial charge is 0.488 e. The summed E-state index contributed by atoms with van der Waals surface area (Å²) < 4.78 is 31.7. The van der Waals surface area contributed by atoms with Crippen molar-refractivity contribution in [3.63, 3.8) is 0 Å². The summed E-state index contributed by atoms with van der Waals surface area (Å²) in [6, 6.07) is 4.63. The first-order valence-electron chi connectivity index (χ1n) is 12.7. The molecule has 1 fully saturated rings. The van der Waals surface area contributed by atoms with Gasteiger partial charge in [0.25, 0.3) is 0 Å². The van der Waals surface area contributed by atoms with Crippen LogP contribution in [-0.2, 0) is 21.2 Å². The summed E-state index contributed by atoms with van der Waals surface area (Å²) in [4.78, 5) is 27.4. The molecule has 0 aromatic heterocycles. The van der Waals surface area contributed by atoms with Crippen molar-refractivity contribution in [2.24, 2.45) is 5.92 Å². The van der Waals surface area contributed by atoms with Crippen molar-refractivity contribution in [3.8, 4) is 5.75 Å². The molecular weight excluding hydrogens is 484 g/mol. The summed E-state index contributed by atoms with van der Waals surface area (Å²) >= 11 is 0. The molecule has 0 spiro atoms. The highest BCUT2D eigenvalue weighted by Gasteiger charge is 2.32. The van der Waals surface area contributed by atoms with Crippen molar-refractivity contribution in [2.75, 3.05) is 38.3 Å². The van der Waals surface area contributed by atoms with Crippen LogP contribution in [0.5, 0.6) is 5.75 Å². The normalized spacial score (nSPS) is 22.6. The summed E-state index contributed by atoms with van der Waals surface area (Å²) in [7, 11) is -1.94. The maximum atomic E-state index is 13.3. The number of carbonyl (C=O) groups excluding carboxylic acids is 2. The minimum Gasteiger partial charge on any atom is -0.488 e. The number of amides is 3. The van der Waals surface area contributed by atoms with Crippen molar-refractivity contribution in [1.29, 1.82) is 0 Å². The van der Waals surface area contributed by atoms with Gasteiger partial charge in [-0.2, -0.15) is 0 Å². The Morgan fingerprint density at radius 1 is 1.28 bits per heavy atom. The maximum Gasteiger partial charge on any atom is 0.319 e. The first-order chi connectivity index (χ1) is 17.0. The Kier molecular flexibility index (Phi) is 9.59. The van der Waals surface area contributed by atoms with Gasteiger partial charge in [-0.05, 0) is 38.0 Å². The highest BCUT2D eigenvalue weighted by atomic mass is 32.2. The molecule has 0 unspecified atom stereocenters. The second-order valence-electron chi connectivity index (χ2n) is 10.2. The van der Waals surface area contributed by atoms with E-state index in [2.05, 4.69) is 10.6 Å². The molecule has 1 aromatic carbocycles. The molecule has 2 aliphatic rings. The summed E-state index contributed by atoms with van der Waals surface area (Å²) in [5, 5.41) is 15.6. The molecule has 36 heavy (non-hydrogen) atoms. The summed E-state index contributed by atoms with van der Waals surface area (Å²) in [5.41, 5.74) is 1.13. The van der Waals surface area contributed by atoms with Crippen LogP contribution in [0.2, 0.25) is 0 Å². The molecule has 0 radical (unpaired) electrons. The van der Waals surface area contributed by atoms with Crippen molar-refractivity contribution in [2.45, 2.75) is 70.6 Å². The number of carbonyl (C=O) groups is 2. The number of hydrogen-bond donors (Lipinski definition) is 3. The van der Waals surface area contributed by atoms with Crippen LogP contribution in [0.15, 0.2) is 18.2 Å². The molecule has 1 aliphatic heterocycles. The molecule has 3 amide bonds. The fraction of sp³-hybridized carbons (Fsp3) is 0.680. The van der Waals surface area contributed by atoms with E-state index in [0.29, 0.717) is 23.5 Å². The average molecular weight is 525 g/mol. The van der Waals surface area contributed by atoms with Crippen LogP contribution in [0.3, 0.4) is 0 Å². The Morgan fingerprint density at radius 2 is 1.97 bits per heavy atom. The third-order valence-electron chi connectivity index (χ3n) is 7.12. The summed E-state index contributed by atoms with van der Waals surface area (Å²) in [6.45, 7) is 3.91. The number of anilines is 1. The number of sulfonamides is 1. The lowest BCUT2D eigenvalue weighted by molar-refractivity contribution is -0.134. The Labute approximate surface area is 214 Å². The van der Waals surface area contributed by atoms with Gasteiger partial charge in [0.15, 0.2) is 0 Å². The molecule has 10 nitrogen and oxygen atoms in total. The molecule has 0 saturated heterocycles. The molecule has 1 saturated carbocycles. The number of likely N-dealkylation sites (N-methyl/N-ethyl adjacent to an activating group) is 1. The number of urea groups is 1. The Hall–Kier alpha value is -2.37. The molecule has 1 heterocycles. The number of benzene rings is 1. The first kappa shape index (κ1) is 28.2. The van der Waals surface area contributed by atoms with Gasteiger partial charge in [-0.3, -0.25) is 4.79 Å². The molecule has 3 atom stereocenters. The van der Waals surface area contributed by atoms with Crippen LogP contribution in [0.1, 0.15) is 51.5 Å². The Balaban J connectivity index is 1.86. The zero-order valence-electron chi connectivity index (χ0n) is 21.7. The number of ether oxygens (including phenoxy) is 1. The lowest BCUT2D eigenvalue weighted by atomic mass is 9.96. The van der Waals surface area contributed by atoms with Gasteiger partial charge in [0.05, 0.1) is 31.9 Å². The van der Waals surface area contributed by atoms with E-state index >= 15 is 0 Å². The predicted molar refractivity (Wildman–Crippen MR) is 138 cm³/mol. The molecule has 202 valence electrons. The third-order valence-corrected chi connectivity index (χ3v) is 8.40. The van der Waals surface area contributed by atoms with Crippen molar-refractivity contribution in [1.82, 2.24) is 14.5 Å². The van der Waals surface area contributed by atoms with Crippen LogP contribution in [0.4, 0.5) is 10.5 Å². The zero-order chi connectivity index (χ0) is 26.5. The molecule has 3 rings (SSSR count). The number of nitrogens with one attached hydrogen (secondary N) is 2. The smallest absolute Gasteiger partial charge is 0.319 e. The van der Waals surface area contributed by atoms with E-state index in [1.54, 1.807) is 30.0 Å². The van der Waals surface area contributed by atoms with E-state index in [4.69, 9.17) is 4.74 Å². The highest BCUT2D eigenvalue weighted by Crippen LogP contribution is 2.29. The molecule has 3 N–H and O–H groups in total. The van der Waals surface area contributed by atoms with E-state index in [-0.39, 0.29) is 43.5 Å². The zero-order valence-corrected chi connectivity index (χ0v) is 22.5. The monoisotopic (exact) mass is 524 g/mol. The van der Waals surface area contributed by atoms with Gasteiger partial charge < -0.3 is 25.4 Å². The van der Waals surface area contributed by atoms with E-state index in [1.807, 2.05) is 6.92 Å². The van der Waals surface area contributed by atoms with Gasteiger partial charge in [-0.1, -0.05) is 26.2 Å². The van der Waals surface area contributed by atoms with Gasteiger partial charge in [-0.25, -0.2) is 17.5 Å². The van der Waals surface area contributed by atoms with Gasteiger partial charge in [0.2, 0.25) is 15.9 Å². The van der Waals surface area contributed by atoms with Crippen LogP contribution >= 0.6 is 0 Å². The Morgan fingerprint density at radius 3 is 2.61 bits per heavy atom. The van der Waals surface area contributed by atoms with E-state index in [1.165, 1.54) is 17.8 Å². The van der Waals surface area contributed by atoms with E-state index in [0.717, 1.165) is 31.9 Å². The van der Waals surface area contributed by atoms with E-state index in [9.17, 15) is 23.1 Å².